The lowest BCUT2D eigenvalue weighted by Crippen LogP contribution is -2.50. The monoisotopic (exact) mass is 531 g/mol. The van der Waals surface area contributed by atoms with Gasteiger partial charge in [0.05, 0.1) is 6.10 Å². The van der Waals surface area contributed by atoms with Gasteiger partial charge < -0.3 is 20.3 Å². The van der Waals surface area contributed by atoms with E-state index in [1.165, 1.54) is 5.56 Å². The number of ether oxygens (including phenoxy) is 1. The molecule has 2 rings (SSSR count). The Morgan fingerprint density at radius 3 is 2.50 bits per heavy atom. The number of rotatable bonds is 10. The van der Waals surface area contributed by atoms with E-state index in [1.807, 2.05) is 23.1 Å². The van der Waals surface area contributed by atoms with Crippen LogP contribution in [-0.4, -0.2) is 80.6 Å². The highest BCUT2D eigenvalue weighted by Gasteiger charge is 2.17. The fourth-order valence-corrected chi connectivity index (χ4v) is 3.30. The number of carbonyl (C=O) groups excluding carboxylic acids is 1. The van der Waals surface area contributed by atoms with E-state index in [2.05, 4.69) is 46.5 Å². The van der Waals surface area contributed by atoms with Crippen molar-refractivity contribution in [2.24, 2.45) is 4.99 Å². The van der Waals surface area contributed by atoms with Gasteiger partial charge in [-0.05, 0) is 25.8 Å². The molecule has 1 aliphatic heterocycles. The third kappa shape index (κ3) is 10.1. The first-order valence-corrected chi connectivity index (χ1v) is 10.8. The normalized spacial score (nSPS) is 16.0. The maximum absolute atomic E-state index is 11.4. The molecule has 1 aromatic rings. The van der Waals surface area contributed by atoms with Crippen LogP contribution in [0.25, 0.3) is 0 Å². The second-order valence-electron chi connectivity index (χ2n) is 7.31. The molecule has 1 amide bonds. The number of benzene rings is 1. The highest BCUT2D eigenvalue weighted by molar-refractivity contribution is 14.0. The topological polar surface area (TPSA) is 69.2 Å². The van der Waals surface area contributed by atoms with Gasteiger partial charge >= 0.3 is 0 Å². The summed E-state index contributed by atoms with van der Waals surface area (Å²) in [5.41, 5.74) is 1.20. The van der Waals surface area contributed by atoms with E-state index < -0.39 is 0 Å². The summed E-state index contributed by atoms with van der Waals surface area (Å²) in [5, 5.41) is 6.70. The molecule has 1 heterocycles. The number of hydrogen-bond donors (Lipinski definition) is 2. The molecule has 1 aromatic carbocycles. The molecular weight excluding hydrogens is 493 g/mol. The van der Waals surface area contributed by atoms with Gasteiger partial charge in [-0.25, -0.2) is 0 Å². The smallest absolute Gasteiger partial charge is 0.219 e. The van der Waals surface area contributed by atoms with Crippen LogP contribution < -0.4 is 10.6 Å². The van der Waals surface area contributed by atoms with Gasteiger partial charge in [0.25, 0.3) is 0 Å². The summed E-state index contributed by atoms with van der Waals surface area (Å²) in [6.45, 7) is 13.4. The third-order valence-corrected chi connectivity index (χ3v) is 5.09. The van der Waals surface area contributed by atoms with E-state index in [9.17, 15) is 4.79 Å². The fourth-order valence-electron chi connectivity index (χ4n) is 3.30. The molecule has 8 heteroatoms. The SMILES string of the molecule is CCNC(=NCCCOC(C)c1ccccc1)NCCN1CCN(C(C)=O)CC1.I. The number of guanidine groups is 1. The summed E-state index contributed by atoms with van der Waals surface area (Å²) in [7, 11) is 0. The summed E-state index contributed by atoms with van der Waals surface area (Å²) in [5.74, 6) is 1.03. The van der Waals surface area contributed by atoms with E-state index in [-0.39, 0.29) is 36.0 Å². The number of nitrogens with zero attached hydrogens (tertiary/aromatic N) is 3. The molecule has 0 aliphatic carbocycles. The van der Waals surface area contributed by atoms with Crippen molar-refractivity contribution in [3.8, 4) is 0 Å². The average Bonchev–Trinajstić information content (AvgIpc) is 2.74. The van der Waals surface area contributed by atoms with Crippen molar-refractivity contribution in [2.45, 2.75) is 33.3 Å². The minimum Gasteiger partial charge on any atom is -0.374 e. The predicted octanol–water partition coefficient (Wildman–Crippen LogP) is 2.49. The second kappa shape index (κ2) is 15.4. The molecule has 0 spiro atoms. The summed E-state index contributed by atoms with van der Waals surface area (Å²) < 4.78 is 5.91. The van der Waals surface area contributed by atoms with Gasteiger partial charge in [-0.3, -0.25) is 14.7 Å². The van der Waals surface area contributed by atoms with Gasteiger partial charge in [-0.2, -0.15) is 0 Å². The van der Waals surface area contributed by atoms with E-state index in [4.69, 9.17) is 4.74 Å². The molecule has 2 N–H and O–H groups in total. The van der Waals surface area contributed by atoms with Crippen LogP contribution >= 0.6 is 24.0 Å². The maximum Gasteiger partial charge on any atom is 0.219 e. The van der Waals surface area contributed by atoms with Crippen molar-refractivity contribution >= 4 is 35.8 Å². The quantitative estimate of drug-likeness (QED) is 0.210. The molecule has 170 valence electrons. The van der Waals surface area contributed by atoms with Gasteiger partial charge in [-0.15, -0.1) is 24.0 Å². The van der Waals surface area contributed by atoms with Crippen molar-refractivity contribution < 1.29 is 9.53 Å². The first kappa shape index (κ1) is 26.6. The minimum absolute atomic E-state index is 0. The van der Waals surface area contributed by atoms with Crippen LogP contribution in [0.2, 0.25) is 0 Å². The highest BCUT2D eigenvalue weighted by atomic mass is 127. The van der Waals surface area contributed by atoms with Gasteiger partial charge in [-0.1, -0.05) is 30.3 Å². The Bertz CT molecular complexity index is 621. The van der Waals surface area contributed by atoms with E-state index in [1.54, 1.807) is 6.92 Å². The Morgan fingerprint density at radius 1 is 1.17 bits per heavy atom. The van der Waals surface area contributed by atoms with Crippen molar-refractivity contribution in [1.82, 2.24) is 20.4 Å². The van der Waals surface area contributed by atoms with Gasteiger partial charge in [0, 0.05) is 65.9 Å². The second-order valence-corrected chi connectivity index (χ2v) is 7.31. The Kier molecular flexibility index (Phi) is 13.7. The zero-order valence-electron chi connectivity index (χ0n) is 18.6. The largest absolute Gasteiger partial charge is 0.374 e. The lowest BCUT2D eigenvalue weighted by molar-refractivity contribution is -0.130. The number of hydrogen-bond acceptors (Lipinski definition) is 4. The van der Waals surface area contributed by atoms with Gasteiger partial charge in [0.1, 0.15) is 0 Å². The van der Waals surface area contributed by atoms with E-state index >= 15 is 0 Å². The molecule has 1 atom stereocenters. The zero-order chi connectivity index (χ0) is 20.9. The molecule has 1 fully saturated rings. The molecule has 30 heavy (non-hydrogen) atoms. The molecule has 0 radical (unpaired) electrons. The first-order chi connectivity index (χ1) is 14.1. The van der Waals surface area contributed by atoms with Crippen molar-refractivity contribution in [3.05, 3.63) is 35.9 Å². The van der Waals surface area contributed by atoms with Crippen molar-refractivity contribution in [1.29, 1.82) is 0 Å². The fraction of sp³-hybridized carbons (Fsp3) is 0.636. The number of piperazine rings is 1. The van der Waals surface area contributed by atoms with Crippen LogP contribution in [0.5, 0.6) is 0 Å². The predicted molar refractivity (Wildman–Crippen MR) is 134 cm³/mol. The van der Waals surface area contributed by atoms with Crippen LogP contribution in [0, 0.1) is 0 Å². The number of nitrogens with one attached hydrogen (secondary N) is 2. The van der Waals surface area contributed by atoms with Crippen molar-refractivity contribution in [2.75, 3.05) is 59.0 Å². The zero-order valence-corrected chi connectivity index (χ0v) is 20.9. The molecule has 1 aliphatic rings. The number of carbonyl (C=O) groups is 1. The van der Waals surface area contributed by atoms with E-state index in [0.717, 1.165) is 64.7 Å². The molecule has 0 saturated carbocycles. The van der Waals surface area contributed by atoms with Crippen LogP contribution in [0.1, 0.15) is 38.9 Å². The Morgan fingerprint density at radius 2 is 1.87 bits per heavy atom. The number of halogens is 1. The summed E-state index contributed by atoms with van der Waals surface area (Å²) in [4.78, 5) is 20.3. The standard InChI is InChI=1S/C22H37N5O2.HI/c1-4-23-22(25-12-13-26-14-16-27(17-15-26)20(3)28)24-11-8-18-29-19(2)21-9-6-5-7-10-21;/h5-7,9-10,19H,4,8,11-18H2,1-3H3,(H2,23,24,25);1H. The van der Waals surface area contributed by atoms with Crippen molar-refractivity contribution in [3.63, 3.8) is 0 Å². The Balaban J connectivity index is 0.00000450. The molecule has 0 bridgehead atoms. The van der Waals surface area contributed by atoms with Crippen LogP contribution in [0.4, 0.5) is 0 Å². The Labute approximate surface area is 198 Å². The minimum atomic E-state index is 0. The molecule has 1 unspecified atom stereocenters. The lowest BCUT2D eigenvalue weighted by atomic mass is 10.1. The first-order valence-electron chi connectivity index (χ1n) is 10.8. The van der Waals surface area contributed by atoms with Crippen LogP contribution in [0.15, 0.2) is 35.3 Å². The van der Waals surface area contributed by atoms with Gasteiger partial charge in [0.15, 0.2) is 5.96 Å². The Hall–Kier alpha value is -1.39. The summed E-state index contributed by atoms with van der Waals surface area (Å²) >= 11 is 0. The van der Waals surface area contributed by atoms with E-state index in [0.29, 0.717) is 6.61 Å². The van der Waals surface area contributed by atoms with Crippen LogP contribution in [0.3, 0.4) is 0 Å². The maximum atomic E-state index is 11.4. The lowest BCUT2D eigenvalue weighted by Gasteiger charge is -2.34. The molecule has 0 aromatic heterocycles. The average molecular weight is 531 g/mol. The van der Waals surface area contributed by atoms with Crippen LogP contribution in [-0.2, 0) is 9.53 Å². The summed E-state index contributed by atoms with van der Waals surface area (Å²) in [6.07, 6.45) is 0.996. The number of aliphatic imine (C=N–C) groups is 1. The molecule has 1 saturated heterocycles. The van der Waals surface area contributed by atoms with Gasteiger partial charge in [0.2, 0.25) is 5.91 Å². The molecular formula is C22H38IN5O2. The number of amides is 1. The highest BCUT2D eigenvalue weighted by Crippen LogP contribution is 2.15. The molecule has 7 nitrogen and oxygen atoms in total. The third-order valence-electron chi connectivity index (χ3n) is 5.09. The summed E-state index contributed by atoms with van der Waals surface area (Å²) in [6, 6.07) is 10.3.